The summed E-state index contributed by atoms with van der Waals surface area (Å²) in [6.45, 7) is -0.00842. The Hall–Kier alpha value is -2.37. The summed E-state index contributed by atoms with van der Waals surface area (Å²) < 4.78 is 0. The van der Waals surface area contributed by atoms with E-state index in [2.05, 4.69) is 10.6 Å². The monoisotopic (exact) mass is 318 g/mol. The number of halogens is 1. The summed E-state index contributed by atoms with van der Waals surface area (Å²) in [5.74, 6) is -0.767. The highest BCUT2D eigenvalue weighted by Crippen LogP contribution is 2.19. The predicted molar refractivity (Wildman–Crippen MR) is 85.3 cm³/mol. The molecule has 2 amide bonds. The number of hydrogen-bond donors (Lipinski definition) is 3. The van der Waals surface area contributed by atoms with Gasteiger partial charge in [-0.3, -0.25) is 9.59 Å². The molecular weight excluding hydrogens is 304 g/mol. The molecule has 0 aromatic heterocycles. The quantitative estimate of drug-likeness (QED) is 0.791. The van der Waals surface area contributed by atoms with Gasteiger partial charge in [0.25, 0.3) is 11.8 Å². The van der Waals surface area contributed by atoms with Gasteiger partial charge in [0.15, 0.2) is 0 Å². The summed E-state index contributed by atoms with van der Waals surface area (Å²) >= 11 is 5.99. The third-order valence-electron chi connectivity index (χ3n) is 2.94. The van der Waals surface area contributed by atoms with Gasteiger partial charge in [-0.25, -0.2) is 0 Å². The molecule has 2 rings (SSSR count). The summed E-state index contributed by atoms with van der Waals surface area (Å²) in [7, 11) is 0. The van der Waals surface area contributed by atoms with Gasteiger partial charge in [-0.05, 0) is 24.3 Å². The lowest BCUT2D eigenvalue weighted by Gasteiger charge is -2.11. The van der Waals surface area contributed by atoms with E-state index in [0.717, 1.165) is 0 Å². The lowest BCUT2D eigenvalue weighted by Crippen LogP contribution is -2.27. The molecule has 0 saturated carbocycles. The van der Waals surface area contributed by atoms with Crippen molar-refractivity contribution in [2.75, 3.05) is 18.5 Å². The predicted octanol–water partition coefficient (Wildman–Crippen LogP) is 2.31. The van der Waals surface area contributed by atoms with Crippen LogP contribution >= 0.6 is 11.6 Å². The molecule has 22 heavy (non-hydrogen) atoms. The zero-order chi connectivity index (χ0) is 15.9. The lowest BCUT2D eigenvalue weighted by molar-refractivity contribution is 0.0945. The molecule has 0 atom stereocenters. The molecule has 0 fully saturated rings. The second kappa shape index (κ2) is 7.59. The first-order chi connectivity index (χ1) is 10.6. The van der Waals surface area contributed by atoms with E-state index < -0.39 is 5.91 Å². The Morgan fingerprint density at radius 1 is 0.955 bits per heavy atom. The molecule has 0 unspecified atom stereocenters. The fraction of sp³-hybridized carbons (Fsp3) is 0.125. The van der Waals surface area contributed by atoms with Crippen LogP contribution in [0, 0.1) is 0 Å². The van der Waals surface area contributed by atoms with Crippen molar-refractivity contribution >= 4 is 29.1 Å². The highest BCUT2D eigenvalue weighted by molar-refractivity contribution is 6.34. The van der Waals surface area contributed by atoms with Crippen molar-refractivity contribution in [3.05, 3.63) is 64.7 Å². The van der Waals surface area contributed by atoms with E-state index in [-0.39, 0.29) is 19.1 Å². The maximum atomic E-state index is 12.3. The Kier molecular flexibility index (Phi) is 5.52. The molecule has 0 bridgehead atoms. The van der Waals surface area contributed by atoms with Gasteiger partial charge in [-0.1, -0.05) is 35.9 Å². The van der Waals surface area contributed by atoms with Crippen molar-refractivity contribution in [3.63, 3.8) is 0 Å². The van der Waals surface area contributed by atoms with Crippen molar-refractivity contribution in [3.8, 4) is 0 Å². The van der Waals surface area contributed by atoms with E-state index in [1.165, 1.54) is 0 Å². The standard InChI is InChI=1S/C16H15ClN2O3/c17-13-7-3-1-5-11(13)16(22)19-14-8-4-2-6-12(14)15(21)18-9-10-20/h1-8,20H,9-10H2,(H,18,21)(H,19,22). The minimum absolute atomic E-state index is 0.144. The first-order valence-corrected chi connectivity index (χ1v) is 7.05. The second-order valence-electron chi connectivity index (χ2n) is 4.46. The van der Waals surface area contributed by atoms with E-state index in [9.17, 15) is 9.59 Å². The van der Waals surface area contributed by atoms with Crippen LogP contribution in [0.1, 0.15) is 20.7 Å². The van der Waals surface area contributed by atoms with Crippen LogP contribution in [-0.2, 0) is 0 Å². The van der Waals surface area contributed by atoms with Crippen molar-refractivity contribution < 1.29 is 14.7 Å². The Morgan fingerprint density at radius 2 is 1.59 bits per heavy atom. The Labute approximate surface area is 132 Å². The van der Waals surface area contributed by atoms with Crippen molar-refractivity contribution in [1.29, 1.82) is 0 Å². The zero-order valence-electron chi connectivity index (χ0n) is 11.7. The molecule has 0 aliphatic heterocycles. The van der Waals surface area contributed by atoms with Crippen LogP contribution in [0.25, 0.3) is 0 Å². The highest BCUT2D eigenvalue weighted by atomic mass is 35.5. The van der Waals surface area contributed by atoms with Crippen LogP contribution in [0.3, 0.4) is 0 Å². The molecule has 3 N–H and O–H groups in total. The topological polar surface area (TPSA) is 78.4 Å². The zero-order valence-corrected chi connectivity index (χ0v) is 12.4. The van der Waals surface area contributed by atoms with Crippen LogP contribution in [0.4, 0.5) is 5.69 Å². The van der Waals surface area contributed by atoms with Crippen molar-refractivity contribution in [2.45, 2.75) is 0 Å². The molecule has 5 nitrogen and oxygen atoms in total. The summed E-state index contributed by atoms with van der Waals surface area (Å²) in [5.41, 5.74) is 1.02. The van der Waals surface area contributed by atoms with Gasteiger partial charge >= 0.3 is 0 Å². The number of rotatable bonds is 5. The van der Waals surface area contributed by atoms with E-state index in [4.69, 9.17) is 16.7 Å². The van der Waals surface area contributed by atoms with Gasteiger partial charge in [0.2, 0.25) is 0 Å². The number of carbonyl (C=O) groups is 2. The van der Waals surface area contributed by atoms with Crippen LogP contribution in [0.2, 0.25) is 5.02 Å². The highest BCUT2D eigenvalue weighted by Gasteiger charge is 2.15. The summed E-state index contributed by atoms with van der Waals surface area (Å²) in [5, 5.41) is 14.3. The molecule has 0 heterocycles. The maximum absolute atomic E-state index is 12.3. The number of amides is 2. The van der Waals surface area contributed by atoms with Gasteiger partial charge < -0.3 is 15.7 Å². The molecule has 0 radical (unpaired) electrons. The van der Waals surface area contributed by atoms with Gasteiger partial charge in [0.05, 0.1) is 28.4 Å². The number of hydrogen-bond acceptors (Lipinski definition) is 3. The van der Waals surface area contributed by atoms with E-state index in [1.807, 2.05) is 0 Å². The summed E-state index contributed by atoms with van der Waals surface area (Å²) in [4.78, 5) is 24.3. The SMILES string of the molecule is O=C(Nc1ccccc1C(=O)NCCO)c1ccccc1Cl. The largest absolute Gasteiger partial charge is 0.395 e. The Balaban J connectivity index is 2.21. The Bertz CT molecular complexity index is 689. The summed E-state index contributed by atoms with van der Waals surface area (Å²) in [6.07, 6.45) is 0. The Morgan fingerprint density at radius 3 is 2.27 bits per heavy atom. The fourth-order valence-electron chi connectivity index (χ4n) is 1.89. The maximum Gasteiger partial charge on any atom is 0.257 e. The van der Waals surface area contributed by atoms with E-state index >= 15 is 0 Å². The smallest absolute Gasteiger partial charge is 0.257 e. The lowest BCUT2D eigenvalue weighted by atomic mass is 10.1. The van der Waals surface area contributed by atoms with Gasteiger partial charge in [-0.15, -0.1) is 0 Å². The number of para-hydroxylation sites is 1. The molecule has 2 aromatic carbocycles. The molecule has 6 heteroatoms. The van der Waals surface area contributed by atoms with Crippen LogP contribution in [-0.4, -0.2) is 30.1 Å². The third-order valence-corrected chi connectivity index (χ3v) is 3.27. The van der Waals surface area contributed by atoms with Crippen LogP contribution in [0.15, 0.2) is 48.5 Å². The third kappa shape index (κ3) is 3.84. The molecule has 0 saturated heterocycles. The van der Waals surface area contributed by atoms with Gasteiger partial charge in [0, 0.05) is 6.54 Å². The van der Waals surface area contributed by atoms with E-state index in [0.29, 0.717) is 21.8 Å². The van der Waals surface area contributed by atoms with Gasteiger partial charge in [-0.2, -0.15) is 0 Å². The average molecular weight is 319 g/mol. The molecule has 0 spiro atoms. The minimum atomic E-state index is -0.395. The molecule has 0 aliphatic rings. The van der Waals surface area contributed by atoms with Crippen LogP contribution in [0.5, 0.6) is 0 Å². The second-order valence-corrected chi connectivity index (χ2v) is 4.87. The molecule has 2 aromatic rings. The fourth-order valence-corrected chi connectivity index (χ4v) is 2.11. The van der Waals surface area contributed by atoms with E-state index in [1.54, 1.807) is 48.5 Å². The van der Waals surface area contributed by atoms with Crippen molar-refractivity contribution in [2.24, 2.45) is 0 Å². The first kappa shape index (κ1) is 16.0. The number of aliphatic hydroxyl groups excluding tert-OH is 1. The number of carbonyl (C=O) groups excluding carboxylic acids is 2. The van der Waals surface area contributed by atoms with Gasteiger partial charge in [0.1, 0.15) is 0 Å². The number of aliphatic hydroxyl groups is 1. The normalized spacial score (nSPS) is 10.1. The number of nitrogens with one attached hydrogen (secondary N) is 2. The van der Waals surface area contributed by atoms with Crippen molar-refractivity contribution in [1.82, 2.24) is 5.32 Å². The minimum Gasteiger partial charge on any atom is -0.395 e. The average Bonchev–Trinajstić information content (AvgIpc) is 2.53. The molecule has 0 aliphatic carbocycles. The van der Waals surface area contributed by atoms with Crippen LogP contribution < -0.4 is 10.6 Å². The number of anilines is 1. The first-order valence-electron chi connectivity index (χ1n) is 6.67. The summed E-state index contributed by atoms with van der Waals surface area (Å²) in [6, 6.07) is 13.3. The molecule has 114 valence electrons. The number of benzene rings is 2. The molecular formula is C16H15ClN2O3.